The molecular formula is C15H30N2O. The van der Waals surface area contributed by atoms with Crippen LogP contribution in [0.15, 0.2) is 0 Å². The summed E-state index contributed by atoms with van der Waals surface area (Å²) in [4.78, 5) is 12.0. The fraction of sp³-hybridized carbons (Fsp3) is 0.933. The summed E-state index contributed by atoms with van der Waals surface area (Å²) in [5, 5.41) is 6.53. The third-order valence-electron chi connectivity index (χ3n) is 3.43. The van der Waals surface area contributed by atoms with Crippen LogP contribution in [0.4, 0.5) is 0 Å². The average Bonchev–Trinajstić information content (AvgIpc) is 2.13. The summed E-state index contributed by atoms with van der Waals surface area (Å²) in [6, 6.07) is 0.322. The van der Waals surface area contributed by atoms with E-state index >= 15 is 0 Å². The highest BCUT2D eigenvalue weighted by molar-refractivity contribution is 5.76. The van der Waals surface area contributed by atoms with Crippen molar-refractivity contribution >= 4 is 5.91 Å². The Hall–Kier alpha value is -0.570. The number of carbonyl (C=O) groups is 1. The molecule has 0 aromatic carbocycles. The Labute approximate surface area is 112 Å². The standard InChI is InChI=1S/C15H30N2O/c1-11(8-15(3,4)5)7-14(18)17-13-6-12(2)9-16-10-13/h11-13,16H,6-10H2,1-5H3,(H,17,18). The van der Waals surface area contributed by atoms with Crippen LogP contribution in [0.25, 0.3) is 0 Å². The summed E-state index contributed by atoms with van der Waals surface area (Å²) < 4.78 is 0. The second kappa shape index (κ2) is 6.55. The Bertz CT molecular complexity index is 270. The van der Waals surface area contributed by atoms with Crippen molar-refractivity contribution in [1.82, 2.24) is 10.6 Å². The summed E-state index contributed by atoms with van der Waals surface area (Å²) in [5.41, 5.74) is 0.306. The van der Waals surface area contributed by atoms with Gasteiger partial charge < -0.3 is 10.6 Å². The fourth-order valence-electron chi connectivity index (χ4n) is 2.99. The van der Waals surface area contributed by atoms with Crippen LogP contribution in [-0.4, -0.2) is 25.0 Å². The minimum Gasteiger partial charge on any atom is -0.352 e. The van der Waals surface area contributed by atoms with Crippen molar-refractivity contribution in [2.75, 3.05) is 13.1 Å². The van der Waals surface area contributed by atoms with Crippen LogP contribution in [0.2, 0.25) is 0 Å². The van der Waals surface area contributed by atoms with Crippen molar-refractivity contribution in [3.63, 3.8) is 0 Å². The SMILES string of the molecule is CC1CNCC(NC(=O)CC(C)CC(C)(C)C)C1. The summed E-state index contributed by atoms with van der Waals surface area (Å²) >= 11 is 0. The number of carbonyl (C=O) groups excluding carboxylic acids is 1. The second-order valence-corrected chi connectivity index (χ2v) is 7.34. The van der Waals surface area contributed by atoms with Gasteiger partial charge in [0.25, 0.3) is 0 Å². The van der Waals surface area contributed by atoms with Crippen molar-refractivity contribution in [3.8, 4) is 0 Å². The van der Waals surface area contributed by atoms with Crippen molar-refractivity contribution in [3.05, 3.63) is 0 Å². The first kappa shape index (κ1) is 15.5. The second-order valence-electron chi connectivity index (χ2n) is 7.34. The van der Waals surface area contributed by atoms with Crippen molar-refractivity contribution in [2.45, 2.75) is 59.9 Å². The molecule has 0 saturated carbocycles. The Kier molecular flexibility index (Phi) is 5.64. The van der Waals surface area contributed by atoms with E-state index in [1.165, 1.54) is 0 Å². The number of hydrogen-bond acceptors (Lipinski definition) is 2. The summed E-state index contributed by atoms with van der Waals surface area (Å²) in [5.74, 6) is 1.34. The largest absolute Gasteiger partial charge is 0.352 e. The average molecular weight is 254 g/mol. The number of nitrogens with one attached hydrogen (secondary N) is 2. The predicted octanol–water partition coefficient (Wildman–Crippen LogP) is 2.56. The summed E-state index contributed by atoms with van der Waals surface area (Å²) in [6.45, 7) is 13.1. The molecule has 0 aliphatic carbocycles. The molecule has 0 aromatic heterocycles. The summed E-state index contributed by atoms with van der Waals surface area (Å²) in [7, 11) is 0. The van der Waals surface area contributed by atoms with E-state index in [-0.39, 0.29) is 5.91 Å². The third-order valence-corrected chi connectivity index (χ3v) is 3.43. The van der Waals surface area contributed by atoms with Crippen molar-refractivity contribution in [2.24, 2.45) is 17.3 Å². The molecule has 1 aliphatic heterocycles. The lowest BCUT2D eigenvalue weighted by atomic mass is 9.84. The van der Waals surface area contributed by atoms with E-state index in [4.69, 9.17) is 0 Å². The lowest BCUT2D eigenvalue weighted by Gasteiger charge is -2.29. The predicted molar refractivity (Wildman–Crippen MR) is 76.4 cm³/mol. The zero-order valence-corrected chi connectivity index (χ0v) is 12.7. The van der Waals surface area contributed by atoms with Gasteiger partial charge in [-0.3, -0.25) is 4.79 Å². The molecule has 2 N–H and O–H groups in total. The molecule has 1 heterocycles. The number of amides is 1. The minimum atomic E-state index is 0.215. The van der Waals surface area contributed by atoms with Crippen molar-refractivity contribution < 1.29 is 4.79 Å². The zero-order chi connectivity index (χ0) is 13.8. The van der Waals surface area contributed by atoms with Gasteiger partial charge in [0.2, 0.25) is 5.91 Å². The Morgan fingerprint density at radius 1 is 1.39 bits per heavy atom. The van der Waals surface area contributed by atoms with E-state index < -0.39 is 0 Å². The maximum atomic E-state index is 12.0. The van der Waals surface area contributed by atoms with Crippen LogP contribution in [0.5, 0.6) is 0 Å². The normalized spacial score (nSPS) is 26.7. The molecule has 18 heavy (non-hydrogen) atoms. The molecule has 1 aliphatic rings. The number of piperidine rings is 1. The van der Waals surface area contributed by atoms with Gasteiger partial charge in [-0.25, -0.2) is 0 Å². The van der Waals surface area contributed by atoms with Gasteiger partial charge in [-0.05, 0) is 36.6 Å². The first-order chi connectivity index (χ1) is 8.26. The Balaban J connectivity index is 2.28. The van der Waals surface area contributed by atoms with Crippen LogP contribution < -0.4 is 10.6 Å². The quantitative estimate of drug-likeness (QED) is 0.809. The van der Waals surface area contributed by atoms with Crippen LogP contribution in [0.3, 0.4) is 0 Å². The highest BCUT2D eigenvalue weighted by Crippen LogP contribution is 2.25. The van der Waals surface area contributed by atoms with Gasteiger partial charge in [0.05, 0.1) is 0 Å². The van der Waals surface area contributed by atoms with E-state index in [0.717, 1.165) is 25.9 Å². The van der Waals surface area contributed by atoms with E-state index in [9.17, 15) is 4.79 Å². The topological polar surface area (TPSA) is 41.1 Å². The monoisotopic (exact) mass is 254 g/mol. The molecule has 1 fully saturated rings. The third kappa shape index (κ3) is 6.39. The molecule has 0 aromatic rings. The lowest BCUT2D eigenvalue weighted by molar-refractivity contribution is -0.123. The van der Waals surface area contributed by atoms with Gasteiger partial charge in [0.1, 0.15) is 0 Å². The lowest BCUT2D eigenvalue weighted by Crippen LogP contribution is -2.48. The maximum Gasteiger partial charge on any atom is 0.220 e. The molecule has 3 unspecified atom stereocenters. The van der Waals surface area contributed by atoms with E-state index in [1.54, 1.807) is 0 Å². The smallest absolute Gasteiger partial charge is 0.220 e. The van der Waals surface area contributed by atoms with Gasteiger partial charge in [-0.2, -0.15) is 0 Å². The van der Waals surface area contributed by atoms with Gasteiger partial charge >= 0.3 is 0 Å². The molecule has 3 nitrogen and oxygen atoms in total. The Morgan fingerprint density at radius 3 is 2.61 bits per heavy atom. The highest BCUT2D eigenvalue weighted by Gasteiger charge is 2.22. The molecule has 3 atom stereocenters. The molecule has 1 amide bonds. The van der Waals surface area contributed by atoms with Crippen molar-refractivity contribution in [1.29, 1.82) is 0 Å². The van der Waals surface area contributed by atoms with Crippen LogP contribution in [-0.2, 0) is 4.79 Å². The molecule has 0 radical (unpaired) electrons. The van der Waals surface area contributed by atoms with E-state index in [2.05, 4.69) is 45.3 Å². The summed E-state index contributed by atoms with van der Waals surface area (Å²) in [6.07, 6.45) is 2.86. The van der Waals surface area contributed by atoms with Gasteiger partial charge in [0, 0.05) is 19.0 Å². The van der Waals surface area contributed by atoms with Crippen LogP contribution in [0.1, 0.15) is 53.9 Å². The first-order valence-corrected chi connectivity index (χ1v) is 7.26. The molecule has 1 rings (SSSR count). The first-order valence-electron chi connectivity index (χ1n) is 7.26. The minimum absolute atomic E-state index is 0.215. The maximum absolute atomic E-state index is 12.0. The van der Waals surface area contributed by atoms with Gasteiger partial charge in [-0.1, -0.05) is 34.6 Å². The van der Waals surface area contributed by atoms with E-state index in [1.807, 2.05) is 0 Å². The molecule has 106 valence electrons. The van der Waals surface area contributed by atoms with Gasteiger partial charge in [-0.15, -0.1) is 0 Å². The fourth-order valence-corrected chi connectivity index (χ4v) is 2.99. The molecular weight excluding hydrogens is 224 g/mol. The van der Waals surface area contributed by atoms with E-state index in [0.29, 0.717) is 29.7 Å². The zero-order valence-electron chi connectivity index (χ0n) is 12.7. The Morgan fingerprint density at radius 2 is 2.06 bits per heavy atom. The molecule has 1 saturated heterocycles. The van der Waals surface area contributed by atoms with Crippen LogP contribution >= 0.6 is 0 Å². The van der Waals surface area contributed by atoms with Gasteiger partial charge in [0.15, 0.2) is 0 Å². The molecule has 0 bridgehead atoms. The molecule has 0 spiro atoms. The number of rotatable bonds is 4. The van der Waals surface area contributed by atoms with Crippen LogP contribution in [0, 0.1) is 17.3 Å². The highest BCUT2D eigenvalue weighted by atomic mass is 16.1. The molecule has 3 heteroatoms. The number of hydrogen-bond donors (Lipinski definition) is 2.